The average molecular weight is 251 g/mol. The van der Waals surface area contributed by atoms with Crippen LogP contribution in [0.15, 0.2) is 12.5 Å². The third kappa shape index (κ3) is 2.89. The van der Waals surface area contributed by atoms with Crippen LogP contribution in [0.25, 0.3) is 10.7 Å². The van der Waals surface area contributed by atoms with Gasteiger partial charge in [0.2, 0.25) is 0 Å². The van der Waals surface area contributed by atoms with Crippen LogP contribution in [0.2, 0.25) is 0 Å². The zero-order valence-electron chi connectivity index (χ0n) is 10.2. The molecule has 2 aromatic rings. The van der Waals surface area contributed by atoms with Gasteiger partial charge in [-0.25, -0.2) is 14.6 Å². The summed E-state index contributed by atoms with van der Waals surface area (Å²) in [4.78, 5) is 9.77. The fourth-order valence-corrected chi connectivity index (χ4v) is 2.45. The summed E-state index contributed by atoms with van der Waals surface area (Å²) in [6.45, 7) is 6.90. The second-order valence-electron chi connectivity index (χ2n) is 3.71. The molecule has 0 saturated heterocycles. The summed E-state index contributed by atoms with van der Waals surface area (Å²) in [5.74, 6) is 0.923. The maximum absolute atomic E-state index is 4.39. The molecule has 0 spiro atoms. The van der Waals surface area contributed by atoms with E-state index >= 15 is 0 Å². The summed E-state index contributed by atoms with van der Waals surface area (Å²) >= 11 is 1.67. The van der Waals surface area contributed by atoms with Crippen molar-refractivity contribution in [3.05, 3.63) is 17.5 Å². The number of nitrogens with one attached hydrogen (secondary N) is 1. The molecule has 2 heterocycles. The quantitative estimate of drug-likeness (QED) is 0.852. The first-order valence-electron chi connectivity index (χ1n) is 5.88. The normalized spacial score (nSPS) is 10.9. The molecule has 0 amide bonds. The van der Waals surface area contributed by atoms with Crippen molar-refractivity contribution in [2.24, 2.45) is 0 Å². The summed E-state index contributed by atoms with van der Waals surface area (Å²) in [6, 6.07) is 0. The van der Waals surface area contributed by atoms with E-state index in [4.69, 9.17) is 0 Å². The highest BCUT2D eigenvalue weighted by Gasteiger charge is 2.10. The molecule has 0 atom stereocenters. The largest absolute Gasteiger partial charge is 0.311 e. The molecule has 0 aliphatic carbocycles. The SMILES string of the molecule is CCCn1ncnc1-c1cnc(CNCC)s1. The van der Waals surface area contributed by atoms with Crippen LogP contribution in [0.1, 0.15) is 25.3 Å². The lowest BCUT2D eigenvalue weighted by Gasteiger charge is -2.00. The Morgan fingerprint density at radius 3 is 3.00 bits per heavy atom. The van der Waals surface area contributed by atoms with Crippen molar-refractivity contribution in [3.8, 4) is 10.7 Å². The van der Waals surface area contributed by atoms with Crippen molar-refractivity contribution in [2.75, 3.05) is 6.54 Å². The first-order valence-corrected chi connectivity index (χ1v) is 6.70. The van der Waals surface area contributed by atoms with Gasteiger partial charge in [-0.3, -0.25) is 0 Å². The van der Waals surface area contributed by atoms with Crippen molar-refractivity contribution in [1.82, 2.24) is 25.1 Å². The first kappa shape index (κ1) is 12.2. The van der Waals surface area contributed by atoms with Crippen LogP contribution >= 0.6 is 11.3 Å². The molecular formula is C11H17N5S. The lowest BCUT2D eigenvalue weighted by atomic mass is 10.4. The number of thiazole rings is 1. The van der Waals surface area contributed by atoms with Gasteiger partial charge in [0.25, 0.3) is 0 Å². The summed E-state index contributed by atoms with van der Waals surface area (Å²) in [5, 5.41) is 8.58. The van der Waals surface area contributed by atoms with Gasteiger partial charge in [0.15, 0.2) is 5.82 Å². The molecule has 0 aliphatic heterocycles. The number of hydrogen-bond acceptors (Lipinski definition) is 5. The summed E-state index contributed by atoms with van der Waals surface area (Å²) < 4.78 is 1.94. The Kier molecular flexibility index (Phi) is 4.22. The lowest BCUT2D eigenvalue weighted by Crippen LogP contribution is -2.11. The molecule has 17 heavy (non-hydrogen) atoms. The maximum atomic E-state index is 4.39. The van der Waals surface area contributed by atoms with Crippen molar-refractivity contribution in [2.45, 2.75) is 33.4 Å². The summed E-state index contributed by atoms with van der Waals surface area (Å²) in [7, 11) is 0. The van der Waals surface area contributed by atoms with Crippen LogP contribution in [-0.4, -0.2) is 26.3 Å². The van der Waals surface area contributed by atoms with Gasteiger partial charge in [0, 0.05) is 19.3 Å². The smallest absolute Gasteiger partial charge is 0.169 e. The number of aryl methyl sites for hydroxylation is 1. The van der Waals surface area contributed by atoms with Crippen LogP contribution in [-0.2, 0) is 13.1 Å². The molecule has 0 aromatic carbocycles. The van der Waals surface area contributed by atoms with Gasteiger partial charge in [-0.1, -0.05) is 13.8 Å². The fraction of sp³-hybridized carbons (Fsp3) is 0.545. The molecule has 0 fully saturated rings. The van der Waals surface area contributed by atoms with Crippen LogP contribution < -0.4 is 5.32 Å². The standard InChI is InChI=1S/C11H17N5S/c1-3-5-16-11(14-8-15-16)9-6-13-10(17-9)7-12-4-2/h6,8,12H,3-5,7H2,1-2H3. The molecule has 5 nitrogen and oxygen atoms in total. The van der Waals surface area contributed by atoms with Crippen molar-refractivity contribution in [1.29, 1.82) is 0 Å². The Bertz CT molecular complexity index is 462. The summed E-state index contributed by atoms with van der Waals surface area (Å²) in [5.41, 5.74) is 0. The topological polar surface area (TPSA) is 55.6 Å². The van der Waals surface area contributed by atoms with Crippen LogP contribution in [0.5, 0.6) is 0 Å². The predicted octanol–water partition coefficient (Wildman–Crippen LogP) is 1.92. The van der Waals surface area contributed by atoms with Gasteiger partial charge in [-0.15, -0.1) is 11.3 Å². The highest BCUT2D eigenvalue weighted by atomic mass is 32.1. The second kappa shape index (κ2) is 5.88. The average Bonchev–Trinajstić information content (AvgIpc) is 2.95. The van der Waals surface area contributed by atoms with Crippen molar-refractivity contribution >= 4 is 11.3 Å². The fourth-order valence-electron chi connectivity index (χ4n) is 1.56. The minimum absolute atomic E-state index is 0.823. The molecular weight excluding hydrogens is 234 g/mol. The van der Waals surface area contributed by atoms with Gasteiger partial charge in [-0.2, -0.15) is 5.10 Å². The Labute approximate surface area is 105 Å². The third-order valence-corrected chi connectivity index (χ3v) is 3.34. The molecule has 2 aromatic heterocycles. The van der Waals surface area contributed by atoms with Crippen molar-refractivity contribution < 1.29 is 0 Å². The zero-order chi connectivity index (χ0) is 12.1. The number of rotatable bonds is 6. The molecule has 0 bridgehead atoms. The van der Waals surface area contributed by atoms with E-state index in [0.717, 1.165) is 41.8 Å². The van der Waals surface area contributed by atoms with E-state index in [0.29, 0.717) is 0 Å². The number of aromatic nitrogens is 4. The molecule has 1 N–H and O–H groups in total. The molecule has 0 unspecified atom stereocenters. The molecule has 92 valence electrons. The van der Waals surface area contributed by atoms with Gasteiger partial charge in [0.1, 0.15) is 11.3 Å². The van der Waals surface area contributed by atoms with Crippen LogP contribution in [0, 0.1) is 0 Å². The number of nitrogens with zero attached hydrogens (tertiary/aromatic N) is 4. The van der Waals surface area contributed by atoms with E-state index in [2.05, 4.69) is 34.2 Å². The van der Waals surface area contributed by atoms with Crippen molar-refractivity contribution in [3.63, 3.8) is 0 Å². The minimum atomic E-state index is 0.823. The van der Waals surface area contributed by atoms with E-state index in [-0.39, 0.29) is 0 Å². The third-order valence-electron chi connectivity index (χ3n) is 2.35. The van der Waals surface area contributed by atoms with E-state index in [1.807, 2.05) is 10.9 Å². The Balaban J connectivity index is 2.15. The van der Waals surface area contributed by atoms with E-state index in [1.165, 1.54) is 0 Å². The highest BCUT2D eigenvalue weighted by Crippen LogP contribution is 2.24. The Morgan fingerprint density at radius 2 is 2.24 bits per heavy atom. The van der Waals surface area contributed by atoms with Gasteiger partial charge in [0.05, 0.1) is 4.88 Å². The maximum Gasteiger partial charge on any atom is 0.169 e. The minimum Gasteiger partial charge on any atom is -0.311 e. The summed E-state index contributed by atoms with van der Waals surface area (Å²) in [6.07, 6.45) is 4.54. The Morgan fingerprint density at radius 1 is 1.35 bits per heavy atom. The predicted molar refractivity (Wildman–Crippen MR) is 68.8 cm³/mol. The Hall–Kier alpha value is -1.27. The van der Waals surface area contributed by atoms with E-state index in [1.54, 1.807) is 17.7 Å². The highest BCUT2D eigenvalue weighted by molar-refractivity contribution is 7.15. The molecule has 2 rings (SSSR count). The molecule has 0 radical (unpaired) electrons. The monoisotopic (exact) mass is 251 g/mol. The second-order valence-corrected chi connectivity index (χ2v) is 4.82. The first-order chi connectivity index (χ1) is 8.35. The van der Waals surface area contributed by atoms with Gasteiger partial charge < -0.3 is 5.32 Å². The molecule has 0 saturated carbocycles. The van der Waals surface area contributed by atoms with Crippen LogP contribution in [0.3, 0.4) is 0 Å². The number of hydrogen-bond donors (Lipinski definition) is 1. The van der Waals surface area contributed by atoms with Gasteiger partial charge >= 0.3 is 0 Å². The zero-order valence-corrected chi connectivity index (χ0v) is 11.0. The van der Waals surface area contributed by atoms with Crippen LogP contribution in [0.4, 0.5) is 0 Å². The lowest BCUT2D eigenvalue weighted by molar-refractivity contribution is 0.608. The van der Waals surface area contributed by atoms with Gasteiger partial charge in [-0.05, 0) is 13.0 Å². The van der Waals surface area contributed by atoms with E-state index < -0.39 is 0 Å². The molecule has 6 heteroatoms. The molecule has 0 aliphatic rings. The van der Waals surface area contributed by atoms with E-state index in [9.17, 15) is 0 Å².